The zero-order valence-electron chi connectivity index (χ0n) is 12.8. The Morgan fingerprint density at radius 3 is 2.36 bits per heavy atom. The van der Waals surface area contributed by atoms with Crippen molar-refractivity contribution in [3.05, 3.63) is 34.6 Å². The minimum Gasteiger partial charge on any atom is -0.339 e. The molecule has 0 spiro atoms. The molecule has 1 atom stereocenters. The molecule has 4 nitrogen and oxygen atoms in total. The van der Waals surface area contributed by atoms with Crippen LogP contribution in [0, 0.1) is 11.7 Å². The third-order valence-corrected chi connectivity index (χ3v) is 4.31. The number of hydrogen-bond acceptors (Lipinski definition) is 2. The van der Waals surface area contributed by atoms with Gasteiger partial charge in [0.05, 0.1) is 5.56 Å². The normalized spacial score (nSPS) is 16.5. The minimum absolute atomic E-state index is 0.00374. The van der Waals surface area contributed by atoms with Gasteiger partial charge in [0, 0.05) is 37.1 Å². The van der Waals surface area contributed by atoms with Gasteiger partial charge in [0.2, 0.25) is 5.91 Å². The average molecular weight is 327 g/mol. The molecule has 0 N–H and O–H groups in total. The topological polar surface area (TPSA) is 40.6 Å². The van der Waals surface area contributed by atoms with Gasteiger partial charge < -0.3 is 9.80 Å². The van der Waals surface area contributed by atoms with E-state index < -0.39 is 5.82 Å². The Labute approximate surface area is 134 Å². The molecule has 1 aromatic carbocycles. The lowest BCUT2D eigenvalue weighted by molar-refractivity contribution is -0.136. The van der Waals surface area contributed by atoms with E-state index in [4.69, 9.17) is 11.6 Å². The monoisotopic (exact) mass is 326 g/mol. The van der Waals surface area contributed by atoms with Gasteiger partial charge in [-0.05, 0) is 24.6 Å². The highest BCUT2D eigenvalue weighted by atomic mass is 35.5. The largest absolute Gasteiger partial charge is 0.339 e. The van der Waals surface area contributed by atoms with E-state index in [2.05, 4.69) is 0 Å². The van der Waals surface area contributed by atoms with Gasteiger partial charge in [0.1, 0.15) is 5.82 Å². The molecule has 0 radical (unpaired) electrons. The fourth-order valence-corrected chi connectivity index (χ4v) is 2.61. The van der Waals surface area contributed by atoms with E-state index in [1.807, 2.05) is 13.8 Å². The molecule has 22 heavy (non-hydrogen) atoms. The fraction of sp³-hybridized carbons (Fsp3) is 0.500. The average Bonchev–Trinajstić information content (AvgIpc) is 2.53. The van der Waals surface area contributed by atoms with Gasteiger partial charge in [-0.15, -0.1) is 0 Å². The maximum absolute atomic E-state index is 13.8. The Bertz CT molecular complexity index is 571. The summed E-state index contributed by atoms with van der Waals surface area (Å²) in [5.41, 5.74) is 0.0195. The molecule has 1 aliphatic heterocycles. The number of hydrogen-bond donors (Lipinski definition) is 0. The van der Waals surface area contributed by atoms with Crippen LogP contribution in [-0.2, 0) is 4.79 Å². The van der Waals surface area contributed by atoms with Crippen molar-refractivity contribution in [3.8, 4) is 0 Å². The molecule has 1 fully saturated rings. The molecule has 0 bridgehead atoms. The Kier molecular flexibility index (Phi) is 5.40. The van der Waals surface area contributed by atoms with E-state index in [9.17, 15) is 14.0 Å². The van der Waals surface area contributed by atoms with Crippen molar-refractivity contribution in [1.82, 2.24) is 9.80 Å². The summed E-state index contributed by atoms with van der Waals surface area (Å²) < 4.78 is 13.8. The first-order valence-electron chi connectivity index (χ1n) is 7.47. The van der Waals surface area contributed by atoms with Gasteiger partial charge in [-0.1, -0.05) is 25.4 Å². The van der Waals surface area contributed by atoms with Crippen LogP contribution in [0.25, 0.3) is 0 Å². The molecule has 6 heteroatoms. The summed E-state index contributed by atoms with van der Waals surface area (Å²) in [5.74, 6) is -0.858. The minimum atomic E-state index is -0.615. The maximum Gasteiger partial charge on any atom is 0.256 e. The smallest absolute Gasteiger partial charge is 0.256 e. The number of piperazine rings is 1. The second-order valence-electron chi connectivity index (χ2n) is 5.55. The molecule has 2 amide bonds. The van der Waals surface area contributed by atoms with Crippen LogP contribution in [0.15, 0.2) is 18.2 Å². The molecule has 0 saturated carbocycles. The molecular weight excluding hydrogens is 307 g/mol. The van der Waals surface area contributed by atoms with Crippen molar-refractivity contribution in [2.45, 2.75) is 20.3 Å². The number of halogens is 2. The van der Waals surface area contributed by atoms with E-state index in [1.54, 1.807) is 9.80 Å². The van der Waals surface area contributed by atoms with E-state index >= 15 is 0 Å². The van der Waals surface area contributed by atoms with Crippen LogP contribution < -0.4 is 0 Å². The summed E-state index contributed by atoms with van der Waals surface area (Å²) in [5, 5.41) is 0.262. The number of amides is 2. The SMILES string of the molecule is CC[C@@H](C)C(=O)N1CCN(C(=O)c2ccc(Cl)cc2F)CC1. The molecule has 0 unspecified atom stereocenters. The molecule has 0 aliphatic carbocycles. The maximum atomic E-state index is 13.8. The van der Waals surface area contributed by atoms with Gasteiger partial charge >= 0.3 is 0 Å². The lowest BCUT2D eigenvalue weighted by Gasteiger charge is -2.36. The molecule has 1 saturated heterocycles. The zero-order valence-corrected chi connectivity index (χ0v) is 13.6. The van der Waals surface area contributed by atoms with Crippen molar-refractivity contribution in [1.29, 1.82) is 0 Å². The highest BCUT2D eigenvalue weighted by Crippen LogP contribution is 2.18. The van der Waals surface area contributed by atoms with Crippen molar-refractivity contribution in [2.75, 3.05) is 26.2 Å². The number of nitrogens with zero attached hydrogens (tertiary/aromatic N) is 2. The number of benzene rings is 1. The second kappa shape index (κ2) is 7.09. The predicted octanol–water partition coefficient (Wildman–Crippen LogP) is 2.81. The molecular formula is C16H20ClFN2O2. The lowest BCUT2D eigenvalue weighted by Crippen LogP contribution is -2.51. The van der Waals surface area contributed by atoms with Crippen LogP contribution >= 0.6 is 11.6 Å². The van der Waals surface area contributed by atoms with E-state index in [0.717, 1.165) is 12.5 Å². The molecule has 0 aromatic heterocycles. The summed E-state index contributed by atoms with van der Waals surface area (Å²) in [6.45, 7) is 5.70. The quantitative estimate of drug-likeness (QED) is 0.857. The summed E-state index contributed by atoms with van der Waals surface area (Å²) in [6.07, 6.45) is 0.800. The van der Waals surface area contributed by atoms with E-state index in [1.165, 1.54) is 12.1 Å². The first-order chi connectivity index (χ1) is 10.4. The number of carbonyl (C=O) groups is 2. The van der Waals surface area contributed by atoms with Crippen molar-refractivity contribution in [2.24, 2.45) is 5.92 Å². The van der Waals surface area contributed by atoms with Crippen molar-refractivity contribution >= 4 is 23.4 Å². The Morgan fingerprint density at radius 2 is 1.82 bits per heavy atom. The van der Waals surface area contributed by atoms with Crippen LogP contribution in [0.1, 0.15) is 30.6 Å². The highest BCUT2D eigenvalue weighted by molar-refractivity contribution is 6.30. The molecule has 1 aliphatic rings. The molecule has 1 aromatic rings. The Hall–Kier alpha value is -1.62. The zero-order chi connectivity index (χ0) is 16.3. The molecule has 2 rings (SSSR count). The van der Waals surface area contributed by atoms with Crippen LogP contribution in [0.5, 0.6) is 0 Å². The standard InChI is InChI=1S/C16H20ClFN2O2/c1-3-11(2)15(21)19-6-8-20(9-7-19)16(22)13-5-4-12(17)10-14(13)18/h4-5,10-11H,3,6-9H2,1-2H3/t11-/m1/s1. The van der Waals surface area contributed by atoms with Crippen molar-refractivity contribution in [3.63, 3.8) is 0 Å². The van der Waals surface area contributed by atoms with Crippen LogP contribution in [0.3, 0.4) is 0 Å². The van der Waals surface area contributed by atoms with Crippen LogP contribution in [-0.4, -0.2) is 47.8 Å². The Balaban J connectivity index is 1.99. The summed E-state index contributed by atoms with van der Waals surface area (Å²) in [6, 6.07) is 4.04. The lowest BCUT2D eigenvalue weighted by atomic mass is 10.1. The molecule has 1 heterocycles. The van der Waals surface area contributed by atoms with E-state index in [0.29, 0.717) is 26.2 Å². The second-order valence-corrected chi connectivity index (χ2v) is 5.99. The van der Waals surface area contributed by atoms with Gasteiger partial charge in [-0.3, -0.25) is 9.59 Å². The third kappa shape index (κ3) is 3.58. The van der Waals surface area contributed by atoms with Gasteiger partial charge in [0.25, 0.3) is 5.91 Å². The first-order valence-corrected chi connectivity index (χ1v) is 7.85. The predicted molar refractivity (Wildman–Crippen MR) is 83.3 cm³/mol. The van der Waals surface area contributed by atoms with Gasteiger partial charge in [0.15, 0.2) is 0 Å². The molecule has 120 valence electrons. The Morgan fingerprint density at radius 1 is 1.23 bits per heavy atom. The third-order valence-electron chi connectivity index (χ3n) is 4.07. The van der Waals surface area contributed by atoms with Crippen LogP contribution in [0.2, 0.25) is 5.02 Å². The van der Waals surface area contributed by atoms with E-state index in [-0.39, 0.29) is 28.3 Å². The summed E-state index contributed by atoms with van der Waals surface area (Å²) in [4.78, 5) is 27.8. The summed E-state index contributed by atoms with van der Waals surface area (Å²) in [7, 11) is 0. The van der Waals surface area contributed by atoms with Gasteiger partial charge in [-0.25, -0.2) is 4.39 Å². The van der Waals surface area contributed by atoms with Crippen LogP contribution in [0.4, 0.5) is 4.39 Å². The summed E-state index contributed by atoms with van der Waals surface area (Å²) >= 11 is 5.70. The van der Waals surface area contributed by atoms with Crippen molar-refractivity contribution < 1.29 is 14.0 Å². The first kappa shape index (κ1) is 16.7. The number of carbonyl (C=O) groups excluding carboxylic acids is 2. The fourth-order valence-electron chi connectivity index (χ4n) is 2.45. The highest BCUT2D eigenvalue weighted by Gasteiger charge is 2.27. The number of rotatable bonds is 3. The van der Waals surface area contributed by atoms with Gasteiger partial charge in [-0.2, -0.15) is 0 Å².